The van der Waals surface area contributed by atoms with Crippen LogP contribution >= 0.6 is 0 Å². The van der Waals surface area contributed by atoms with Crippen LogP contribution in [0.1, 0.15) is 114 Å². The van der Waals surface area contributed by atoms with Gasteiger partial charge in [-0.25, -0.2) is 0 Å². The van der Waals surface area contributed by atoms with Gasteiger partial charge in [0.05, 0.1) is 12.0 Å². The van der Waals surface area contributed by atoms with Crippen molar-refractivity contribution < 1.29 is 24.2 Å². The van der Waals surface area contributed by atoms with Gasteiger partial charge in [0.25, 0.3) is 0 Å². The number of rotatable bonds is 6. The highest BCUT2D eigenvalue weighted by molar-refractivity contribution is 5.71. The number of ether oxygens (including phenoxy) is 2. The van der Waals surface area contributed by atoms with Gasteiger partial charge >= 0.3 is 11.9 Å². The van der Waals surface area contributed by atoms with Gasteiger partial charge in [0.1, 0.15) is 11.2 Å². The second kappa shape index (κ2) is 11.6. The zero-order valence-corrected chi connectivity index (χ0v) is 24.0. The maximum Gasteiger partial charge on any atom is 0.309 e. The first-order valence-corrected chi connectivity index (χ1v) is 13.4. The van der Waals surface area contributed by atoms with Crippen LogP contribution in [0.2, 0.25) is 0 Å². The van der Waals surface area contributed by atoms with Crippen LogP contribution in [0.15, 0.2) is 25.3 Å². The molecule has 0 spiro atoms. The molecular formula is C30H52O5. The molecule has 0 unspecified atom stereocenters. The number of aliphatic hydroxyl groups is 1. The van der Waals surface area contributed by atoms with Crippen LogP contribution in [0.5, 0.6) is 0 Å². The molecule has 35 heavy (non-hydrogen) atoms. The predicted molar refractivity (Wildman–Crippen MR) is 143 cm³/mol. The smallest absolute Gasteiger partial charge is 0.309 e. The third-order valence-electron chi connectivity index (χ3n) is 8.82. The Kier molecular flexibility index (Phi) is 10.4. The van der Waals surface area contributed by atoms with E-state index in [0.29, 0.717) is 5.92 Å². The standard InChI is InChI=1S/C16H28O3.C14H24O2/c1-7-15(6)10-8-9-12(2)16(15,18)11-13(17)19-14(3,4)5;1-6-13(5)10-8-9-11(3)14(13,7-2)16-12(4)15/h7,12,18H,1,8-11H2,2-6H3;6,11H,1,7-10H2,2-5H3/t12-,15+,16-;11-,13+,14-/m11/s1. The number of esters is 2. The molecule has 0 saturated heterocycles. The van der Waals surface area contributed by atoms with Gasteiger partial charge in [-0.1, -0.05) is 59.6 Å². The number of hydrogen-bond donors (Lipinski definition) is 1. The molecule has 2 fully saturated rings. The monoisotopic (exact) mass is 492 g/mol. The molecule has 0 amide bonds. The lowest BCUT2D eigenvalue weighted by molar-refractivity contribution is -0.188. The lowest BCUT2D eigenvalue weighted by atomic mass is 9.58. The van der Waals surface area contributed by atoms with E-state index in [1.165, 1.54) is 13.3 Å². The molecule has 2 rings (SSSR count). The third kappa shape index (κ3) is 6.78. The largest absolute Gasteiger partial charge is 0.460 e. The molecule has 5 nitrogen and oxygen atoms in total. The van der Waals surface area contributed by atoms with E-state index < -0.39 is 16.6 Å². The van der Waals surface area contributed by atoms with Crippen molar-refractivity contribution in [3.63, 3.8) is 0 Å². The van der Waals surface area contributed by atoms with Gasteiger partial charge in [-0.2, -0.15) is 0 Å². The van der Waals surface area contributed by atoms with Crippen LogP contribution in [0.3, 0.4) is 0 Å². The zero-order valence-electron chi connectivity index (χ0n) is 24.0. The van der Waals surface area contributed by atoms with Crippen LogP contribution in [0, 0.1) is 22.7 Å². The van der Waals surface area contributed by atoms with Gasteiger partial charge in [-0.05, 0) is 64.7 Å². The predicted octanol–water partition coefficient (Wildman–Crippen LogP) is 7.17. The fourth-order valence-electron chi connectivity index (χ4n) is 6.40. The van der Waals surface area contributed by atoms with Crippen molar-refractivity contribution in [2.45, 2.75) is 130 Å². The van der Waals surface area contributed by atoms with E-state index in [2.05, 4.69) is 33.9 Å². The van der Waals surface area contributed by atoms with Crippen molar-refractivity contribution >= 4 is 11.9 Å². The molecule has 0 aromatic heterocycles. The van der Waals surface area contributed by atoms with Crippen LogP contribution < -0.4 is 0 Å². The van der Waals surface area contributed by atoms with Crippen LogP contribution in [0.4, 0.5) is 0 Å². The molecular weight excluding hydrogens is 440 g/mol. The van der Waals surface area contributed by atoms with Crippen LogP contribution in [-0.2, 0) is 19.1 Å². The SMILES string of the molecule is C=C[C@@]1(C)CCC[C@@H](C)[C@@]1(CC)OC(C)=O.C=C[C@@]1(C)CCC[C@@H](C)[C@]1(O)CC(=O)OC(C)(C)C. The van der Waals surface area contributed by atoms with E-state index in [0.717, 1.165) is 38.5 Å². The van der Waals surface area contributed by atoms with E-state index in [1.54, 1.807) is 6.08 Å². The average molecular weight is 493 g/mol. The molecule has 202 valence electrons. The first-order valence-electron chi connectivity index (χ1n) is 13.4. The summed E-state index contributed by atoms with van der Waals surface area (Å²) >= 11 is 0. The molecule has 2 aliphatic rings. The quantitative estimate of drug-likeness (QED) is 0.314. The second-order valence-corrected chi connectivity index (χ2v) is 12.4. The maximum atomic E-state index is 12.1. The van der Waals surface area contributed by atoms with Crippen molar-refractivity contribution in [3.8, 4) is 0 Å². The fourth-order valence-corrected chi connectivity index (χ4v) is 6.40. The Hall–Kier alpha value is -1.62. The van der Waals surface area contributed by atoms with Gasteiger partial charge in [0.2, 0.25) is 0 Å². The number of carbonyl (C=O) groups excluding carboxylic acids is 2. The molecule has 0 aromatic carbocycles. The van der Waals surface area contributed by atoms with E-state index in [-0.39, 0.29) is 35.3 Å². The highest BCUT2D eigenvalue weighted by atomic mass is 16.6. The Labute approximate surface area is 214 Å². The Balaban J connectivity index is 0.000000355. The molecule has 0 aromatic rings. The summed E-state index contributed by atoms with van der Waals surface area (Å²) in [7, 11) is 0. The van der Waals surface area contributed by atoms with Crippen molar-refractivity contribution in [2.75, 3.05) is 0 Å². The maximum absolute atomic E-state index is 12.1. The minimum atomic E-state index is -1.06. The van der Waals surface area contributed by atoms with Gasteiger partial charge in [0, 0.05) is 17.8 Å². The second-order valence-electron chi connectivity index (χ2n) is 12.4. The summed E-state index contributed by atoms with van der Waals surface area (Å²) < 4.78 is 11.1. The molecule has 0 bridgehead atoms. The molecule has 0 heterocycles. The first kappa shape index (κ1) is 31.4. The van der Waals surface area contributed by atoms with E-state index in [9.17, 15) is 14.7 Å². The summed E-state index contributed by atoms with van der Waals surface area (Å²) in [6, 6.07) is 0. The Bertz CT molecular complexity index is 767. The molecule has 0 radical (unpaired) electrons. The molecule has 0 aliphatic heterocycles. The molecule has 6 atom stereocenters. The minimum Gasteiger partial charge on any atom is -0.460 e. The summed E-state index contributed by atoms with van der Waals surface area (Å²) in [5.74, 6) is -0.0459. The lowest BCUT2D eigenvalue weighted by Crippen LogP contribution is -2.55. The van der Waals surface area contributed by atoms with Gasteiger partial charge < -0.3 is 14.6 Å². The van der Waals surface area contributed by atoms with Crippen molar-refractivity contribution in [1.29, 1.82) is 0 Å². The molecule has 2 aliphatic carbocycles. The fraction of sp³-hybridized carbons (Fsp3) is 0.800. The average Bonchev–Trinajstić information content (AvgIpc) is 2.74. The highest BCUT2D eigenvalue weighted by Gasteiger charge is 2.54. The number of hydrogen-bond acceptors (Lipinski definition) is 5. The summed E-state index contributed by atoms with van der Waals surface area (Å²) in [5, 5.41) is 11.1. The van der Waals surface area contributed by atoms with E-state index in [1.807, 2.05) is 40.7 Å². The van der Waals surface area contributed by atoms with Crippen LogP contribution in [0.25, 0.3) is 0 Å². The van der Waals surface area contributed by atoms with Crippen molar-refractivity contribution in [2.24, 2.45) is 22.7 Å². The van der Waals surface area contributed by atoms with Gasteiger partial charge in [-0.15, -0.1) is 13.2 Å². The molecule has 2 saturated carbocycles. The molecule has 1 N–H and O–H groups in total. The number of carbonyl (C=O) groups is 2. The van der Waals surface area contributed by atoms with Crippen molar-refractivity contribution in [1.82, 2.24) is 0 Å². The van der Waals surface area contributed by atoms with E-state index in [4.69, 9.17) is 9.47 Å². The zero-order chi connectivity index (χ0) is 27.3. The van der Waals surface area contributed by atoms with E-state index >= 15 is 0 Å². The Morgan fingerprint density at radius 1 is 1.00 bits per heavy atom. The van der Waals surface area contributed by atoms with Gasteiger partial charge in [-0.3, -0.25) is 9.59 Å². The highest BCUT2D eigenvalue weighted by Crippen LogP contribution is 2.52. The Morgan fingerprint density at radius 3 is 1.91 bits per heavy atom. The Morgan fingerprint density at radius 2 is 1.49 bits per heavy atom. The summed E-state index contributed by atoms with van der Waals surface area (Å²) in [6.45, 7) is 25.3. The minimum absolute atomic E-state index is 0.0357. The summed E-state index contributed by atoms with van der Waals surface area (Å²) in [5.41, 5.74) is -2.46. The summed E-state index contributed by atoms with van der Waals surface area (Å²) in [4.78, 5) is 23.4. The lowest BCUT2D eigenvalue weighted by Gasteiger charge is -2.53. The van der Waals surface area contributed by atoms with Crippen molar-refractivity contribution in [3.05, 3.63) is 25.3 Å². The first-order chi connectivity index (χ1) is 16.0. The topological polar surface area (TPSA) is 72.8 Å². The molecule has 5 heteroatoms. The van der Waals surface area contributed by atoms with Crippen LogP contribution in [-0.4, -0.2) is 33.8 Å². The summed E-state index contributed by atoms with van der Waals surface area (Å²) in [6.07, 6.45) is 10.9. The normalized spacial score (nSPS) is 37.3. The third-order valence-corrected chi connectivity index (χ3v) is 8.82. The van der Waals surface area contributed by atoms with Gasteiger partial charge in [0.15, 0.2) is 0 Å².